The molecule has 0 spiro atoms. The van der Waals surface area contributed by atoms with Gasteiger partial charge in [-0.3, -0.25) is 38.4 Å². The second-order valence-electron chi connectivity index (χ2n) is 15.0. The lowest BCUT2D eigenvalue weighted by molar-refractivity contribution is -0.141. The predicted octanol–water partition coefficient (Wildman–Crippen LogP) is -2.61. The summed E-state index contributed by atoms with van der Waals surface area (Å²) in [5.74, 6) is -6.70. The number of hydrogen-bond donors (Lipinski definition) is 12. The van der Waals surface area contributed by atoms with Gasteiger partial charge >= 0.3 is 5.97 Å². The number of nitrogens with one attached hydrogen (secondary N) is 7. The van der Waals surface area contributed by atoms with Gasteiger partial charge in [-0.2, -0.15) is 0 Å². The number of carboxylic acids is 1. The van der Waals surface area contributed by atoms with Crippen LogP contribution in [0.25, 0.3) is 0 Å². The molecule has 8 unspecified atom stereocenters. The van der Waals surface area contributed by atoms with Crippen LogP contribution in [0.3, 0.4) is 0 Å². The first-order valence-electron chi connectivity index (χ1n) is 20.0. The van der Waals surface area contributed by atoms with Crippen LogP contribution in [0, 0.1) is 5.92 Å². The number of carbonyl (C=O) groups excluding carboxylic acids is 7. The van der Waals surface area contributed by atoms with Crippen LogP contribution in [0.15, 0.2) is 30.3 Å². The van der Waals surface area contributed by atoms with Crippen molar-refractivity contribution in [3.63, 3.8) is 0 Å². The Morgan fingerprint density at radius 1 is 0.610 bits per heavy atom. The fraction of sp³-hybridized carbons (Fsp3) is 0.641. The van der Waals surface area contributed by atoms with Gasteiger partial charge < -0.3 is 64.6 Å². The summed E-state index contributed by atoms with van der Waals surface area (Å²) in [6.07, 6.45) is 1.01. The molecule has 7 amide bonds. The Morgan fingerprint density at radius 3 is 1.63 bits per heavy atom. The van der Waals surface area contributed by atoms with Crippen molar-refractivity contribution < 1.29 is 48.6 Å². The van der Waals surface area contributed by atoms with Crippen molar-refractivity contribution in [1.29, 1.82) is 0 Å². The molecule has 15 N–H and O–H groups in total. The fourth-order valence-corrected chi connectivity index (χ4v) is 5.69. The number of rotatable bonds is 28. The van der Waals surface area contributed by atoms with Crippen LogP contribution >= 0.6 is 0 Å². The number of nitrogens with two attached hydrogens (primary N) is 3. The smallest absolute Gasteiger partial charge is 0.325 e. The van der Waals surface area contributed by atoms with Gasteiger partial charge in [0.05, 0.1) is 18.7 Å². The SMILES string of the molecule is CC(C)CC(NC(=O)C(CCCCN)NC(=O)C(C)N)C(=O)NC(C(=O)NC(Cc1ccccc1)C(=O)NCC(=O)NC(CCCCN)C(=O)NC(C)C(=O)O)C(C)O. The summed E-state index contributed by atoms with van der Waals surface area (Å²) in [6.45, 7) is 7.69. The fourth-order valence-electron chi connectivity index (χ4n) is 5.69. The monoisotopic (exact) mass is 834 g/mol. The van der Waals surface area contributed by atoms with E-state index in [1.54, 1.807) is 30.3 Å². The summed E-state index contributed by atoms with van der Waals surface area (Å²) in [5, 5.41) is 37.4. The minimum Gasteiger partial charge on any atom is -0.480 e. The number of carboxylic acid groups (broad SMARTS) is 1. The Balaban J connectivity index is 3.23. The van der Waals surface area contributed by atoms with E-state index in [0.29, 0.717) is 44.3 Å². The van der Waals surface area contributed by atoms with Crippen molar-refractivity contribution in [2.75, 3.05) is 19.6 Å². The maximum atomic E-state index is 13.8. The zero-order valence-electron chi connectivity index (χ0n) is 34.8. The highest BCUT2D eigenvalue weighted by Gasteiger charge is 2.34. The molecule has 20 heteroatoms. The molecule has 0 aliphatic heterocycles. The van der Waals surface area contributed by atoms with E-state index >= 15 is 0 Å². The topological polar surface area (TPSA) is 339 Å². The van der Waals surface area contributed by atoms with Crippen LogP contribution < -0.4 is 54.4 Å². The Labute approximate surface area is 345 Å². The second kappa shape index (κ2) is 27.5. The summed E-state index contributed by atoms with van der Waals surface area (Å²) in [5.41, 5.74) is 17.5. The third-order valence-corrected chi connectivity index (χ3v) is 9.06. The van der Waals surface area contributed by atoms with Crippen molar-refractivity contribution >= 4 is 47.3 Å². The van der Waals surface area contributed by atoms with Gasteiger partial charge in [0.2, 0.25) is 41.4 Å². The highest BCUT2D eigenvalue weighted by molar-refractivity contribution is 5.97. The molecular weight excluding hydrogens is 768 g/mol. The molecule has 0 saturated carbocycles. The van der Waals surface area contributed by atoms with E-state index in [1.807, 2.05) is 13.8 Å². The number of aliphatic hydroxyl groups is 1. The maximum Gasteiger partial charge on any atom is 0.325 e. The van der Waals surface area contributed by atoms with E-state index < -0.39 is 102 Å². The maximum absolute atomic E-state index is 13.8. The second-order valence-corrected chi connectivity index (χ2v) is 15.0. The molecular formula is C39H66N10O10. The Morgan fingerprint density at radius 2 is 1.12 bits per heavy atom. The van der Waals surface area contributed by atoms with Crippen LogP contribution in [0.2, 0.25) is 0 Å². The van der Waals surface area contributed by atoms with Crippen molar-refractivity contribution in [3.8, 4) is 0 Å². The third kappa shape index (κ3) is 20.4. The normalized spacial score (nSPS) is 15.2. The molecule has 0 saturated heterocycles. The summed E-state index contributed by atoms with van der Waals surface area (Å²) in [6, 6.07) is 0.174. The van der Waals surface area contributed by atoms with Gasteiger partial charge in [0.1, 0.15) is 36.3 Å². The Bertz CT molecular complexity index is 1530. The number of amides is 7. The average molecular weight is 835 g/mol. The third-order valence-electron chi connectivity index (χ3n) is 9.06. The van der Waals surface area contributed by atoms with Crippen LogP contribution in [-0.4, -0.2) is 126 Å². The van der Waals surface area contributed by atoms with Gasteiger partial charge in [-0.15, -0.1) is 0 Å². The standard InChI is InChI=1S/C39H66N10O10/c1-22(2)19-29(47-36(55)28(16-10-12-18-41)46-33(52)23(3)42)37(56)49-32(25(5)50)38(57)48-30(20-26-13-7-6-8-14-26)34(53)43-21-31(51)45-27(15-9-11-17-40)35(54)44-24(4)39(58)59/h6-8,13-14,22-25,27-30,32,50H,9-12,15-21,40-42H2,1-5H3,(H,43,53)(H,44,54)(H,45,51)(H,46,52)(H,47,55)(H,48,57)(H,49,56)(H,58,59). The minimum absolute atomic E-state index is 0.0670. The molecule has 332 valence electrons. The van der Waals surface area contributed by atoms with Crippen LogP contribution in [0.5, 0.6) is 0 Å². The van der Waals surface area contributed by atoms with Gasteiger partial charge in [-0.1, -0.05) is 44.2 Å². The first-order valence-corrected chi connectivity index (χ1v) is 20.0. The first-order chi connectivity index (χ1) is 27.8. The van der Waals surface area contributed by atoms with Crippen LogP contribution in [0.1, 0.15) is 85.1 Å². The number of hydrogen-bond acceptors (Lipinski definition) is 12. The van der Waals surface area contributed by atoms with Gasteiger partial charge in [-0.25, -0.2) is 0 Å². The average Bonchev–Trinajstić information content (AvgIpc) is 3.17. The lowest BCUT2D eigenvalue weighted by Gasteiger charge is -2.28. The zero-order chi connectivity index (χ0) is 44.7. The molecule has 0 aliphatic rings. The quantitative estimate of drug-likeness (QED) is 0.0386. The molecule has 8 atom stereocenters. The highest BCUT2D eigenvalue weighted by atomic mass is 16.4. The van der Waals surface area contributed by atoms with Crippen LogP contribution in [-0.2, 0) is 44.8 Å². The molecule has 1 aromatic carbocycles. The van der Waals surface area contributed by atoms with E-state index in [0.717, 1.165) is 0 Å². The van der Waals surface area contributed by atoms with E-state index in [-0.39, 0.29) is 31.6 Å². The molecule has 0 heterocycles. The molecule has 20 nitrogen and oxygen atoms in total. The largest absolute Gasteiger partial charge is 0.480 e. The van der Waals surface area contributed by atoms with Crippen LogP contribution in [0.4, 0.5) is 0 Å². The summed E-state index contributed by atoms with van der Waals surface area (Å²) in [4.78, 5) is 104. The van der Waals surface area contributed by atoms with Crippen molar-refractivity contribution in [3.05, 3.63) is 35.9 Å². The molecule has 0 aliphatic carbocycles. The Kier molecular flexibility index (Phi) is 24.2. The molecule has 0 bridgehead atoms. The molecule has 0 radical (unpaired) electrons. The predicted molar refractivity (Wildman–Crippen MR) is 219 cm³/mol. The molecule has 1 aromatic rings. The van der Waals surface area contributed by atoms with Crippen molar-refractivity contribution in [2.45, 2.75) is 134 Å². The molecule has 0 fully saturated rings. The van der Waals surface area contributed by atoms with Gasteiger partial charge in [-0.05, 0) is 90.3 Å². The Hall–Kier alpha value is -5.18. The lowest BCUT2D eigenvalue weighted by Crippen LogP contribution is -2.61. The number of carbonyl (C=O) groups is 8. The highest BCUT2D eigenvalue weighted by Crippen LogP contribution is 2.10. The van der Waals surface area contributed by atoms with Crippen molar-refractivity contribution in [1.82, 2.24) is 37.2 Å². The van der Waals surface area contributed by atoms with Crippen molar-refractivity contribution in [2.24, 2.45) is 23.1 Å². The van der Waals surface area contributed by atoms with E-state index in [1.165, 1.54) is 20.8 Å². The van der Waals surface area contributed by atoms with E-state index in [2.05, 4.69) is 37.2 Å². The van der Waals surface area contributed by atoms with Gasteiger partial charge in [0.15, 0.2) is 0 Å². The summed E-state index contributed by atoms with van der Waals surface area (Å²) >= 11 is 0. The number of aliphatic hydroxyl groups excluding tert-OH is 1. The summed E-state index contributed by atoms with van der Waals surface area (Å²) < 4.78 is 0. The molecule has 1 rings (SSSR count). The van der Waals surface area contributed by atoms with E-state index in [4.69, 9.17) is 17.2 Å². The molecule has 59 heavy (non-hydrogen) atoms. The van der Waals surface area contributed by atoms with Gasteiger partial charge in [0, 0.05) is 6.42 Å². The minimum atomic E-state index is -1.61. The number of aliphatic carboxylic acids is 1. The van der Waals surface area contributed by atoms with Gasteiger partial charge in [0.25, 0.3) is 0 Å². The zero-order valence-corrected chi connectivity index (χ0v) is 34.8. The first kappa shape index (κ1) is 51.8. The summed E-state index contributed by atoms with van der Waals surface area (Å²) in [7, 11) is 0. The van der Waals surface area contributed by atoms with E-state index in [9.17, 15) is 48.6 Å². The number of benzene rings is 1. The lowest BCUT2D eigenvalue weighted by atomic mass is 10.0. The number of unbranched alkanes of at least 4 members (excludes halogenated alkanes) is 2. The molecule has 0 aromatic heterocycles.